The van der Waals surface area contributed by atoms with E-state index in [0.29, 0.717) is 42.7 Å². The summed E-state index contributed by atoms with van der Waals surface area (Å²) in [6, 6.07) is 11.0. The van der Waals surface area contributed by atoms with Gasteiger partial charge in [0, 0.05) is 13.2 Å². The van der Waals surface area contributed by atoms with Crippen molar-refractivity contribution in [1.29, 1.82) is 0 Å². The van der Waals surface area contributed by atoms with Crippen molar-refractivity contribution in [2.45, 2.75) is 72.4 Å². The van der Waals surface area contributed by atoms with Crippen molar-refractivity contribution in [3.05, 3.63) is 74.6 Å². The zero-order chi connectivity index (χ0) is 25.8. The molecule has 36 heavy (non-hydrogen) atoms. The van der Waals surface area contributed by atoms with E-state index in [1.807, 2.05) is 64.1 Å². The minimum atomic E-state index is -0.512. The molecule has 0 aliphatic carbocycles. The quantitative estimate of drug-likeness (QED) is 0.293. The molecule has 1 aliphatic heterocycles. The number of carbonyl (C=O) groups is 1. The highest BCUT2D eigenvalue weighted by molar-refractivity contribution is 5.99. The van der Waals surface area contributed by atoms with Gasteiger partial charge in [-0.2, -0.15) is 0 Å². The van der Waals surface area contributed by atoms with Gasteiger partial charge in [-0.3, -0.25) is 9.59 Å². The Morgan fingerprint density at radius 2 is 1.75 bits per heavy atom. The van der Waals surface area contributed by atoms with Crippen LogP contribution in [0.3, 0.4) is 0 Å². The molecule has 0 radical (unpaired) electrons. The lowest BCUT2D eigenvalue weighted by Crippen LogP contribution is -2.31. The molecule has 4 rings (SSSR count). The Morgan fingerprint density at radius 1 is 1.00 bits per heavy atom. The van der Waals surface area contributed by atoms with E-state index in [0.717, 1.165) is 41.7 Å². The number of carbonyl (C=O) groups excluding carboxylic acids is 1. The molecule has 0 fully saturated rings. The molecule has 0 N–H and O–H groups in total. The van der Waals surface area contributed by atoms with Crippen LogP contribution in [-0.2, 0) is 4.74 Å². The number of unbranched alkanes of at least 4 members (excludes halogenated alkanes) is 2. The second-order valence-electron chi connectivity index (χ2n) is 9.93. The molecule has 0 saturated carbocycles. The summed E-state index contributed by atoms with van der Waals surface area (Å²) < 4.78 is 17.7. The molecule has 0 spiro atoms. The molecular weight excluding hydrogens is 454 g/mol. The Labute approximate surface area is 213 Å². The minimum absolute atomic E-state index is 0.122. The second-order valence-corrected chi connectivity index (χ2v) is 9.93. The number of rotatable bonds is 11. The third kappa shape index (κ3) is 5.34. The Kier molecular flexibility index (Phi) is 8.14. The zero-order valence-electron chi connectivity index (χ0n) is 22.1. The molecule has 1 aromatic heterocycles. The summed E-state index contributed by atoms with van der Waals surface area (Å²) in [5.41, 5.74) is 3.46. The molecule has 6 nitrogen and oxygen atoms in total. The van der Waals surface area contributed by atoms with Gasteiger partial charge < -0.3 is 18.8 Å². The lowest BCUT2D eigenvalue weighted by molar-refractivity contribution is 0.0593. The Bertz CT molecular complexity index is 1280. The molecule has 2 heterocycles. The molecule has 2 aromatic carbocycles. The van der Waals surface area contributed by atoms with Gasteiger partial charge in [-0.25, -0.2) is 0 Å². The van der Waals surface area contributed by atoms with Crippen molar-refractivity contribution in [1.82, 2.24) is 4.90 Å². The third-order valence-corrected chi connectivity index (χ3v) is 6.60. The van der Waals surface area contributed by atoms with Crippen LogP contribution in [-0.4, -0.2) is 36.7 Å². The lowest BCUT2D eigenvalue weighted by Gasteiger charge is -2.25. The number of hydrogen-bond acceptors (Lipinski definition) is 5. The van der Waals surface area contributed by atoms with Crippen molar-refractivity contribution in [2.24, 2.45) is 0 Å². The van der Waals surface area contributed by atoms with Crippen LogP contribution in [0.25, 0.3) is 11.0 Å². The van der Waals surface area contributed by atoms with E-state index in [1.165, 1.54) is 0 Å². The monoisotopic (exact) mass is 491 g/mol. The summed E-state index contributed by atoms with van der Waals surface area (Å²) in [6.45, 7) is 11.7. The van der Waals surface area contributed by atoms with Crippen molar-refractivity contribution >= 4 is 16.9 Å². The second kappa shape index (κ2) is 11.3. The maximum Gasteiger partial charge on any atom is 0.290 e. The normalized spacial score (nSPS) is 15.2. The first-order chi connectivity index (χ1) is 17.3. The Morgan fingerprint density at radius 3 is 2.44 bits per heavy atom. The number of hydrogen-bond donors (Lipinski definition) is 0. The van der Waals surface area contributed by atoms with Gasteiger partial charge in [-0.05, 0) is 75.4 Å². The number of benzene rings is 2. The molecule has 6 heteroatoms. The van der Waals surface area contributed by atoms with Gasteiger partial charge in [-0.15, -0.1) is 0 Å². The van der Waals surface area contributed by atoms with Gasteiger partial charge in [0.1, 0.15) is 11.3 Å². The summed E-state index contributed by atoms with van der Waals surface area (Å²) in [4.78, 5) is 29.1. The van der Waals surface area contributed by atoms with E-state index >= 15 is 0 Å². The highest BCUT2D eigenvalue weighted by Gasteiger charge is 2.42. The molecule has 0 bridgehead atoms. The van der Waals surface area contributed by atoms with Crippen LogP contribution in [0.4, 0.5) is 0 Å². The Hall–Kier alpha value is -3.12. The van der Waals surface area contributed by atoms with Crippen molar-refractivity contribution in [3.63, 3.8) is 0 Å². The first-order valence-electron chi connectivity index (χ1n) is 13.0. The third-order valence-electron chi connectivity index (χ3n) is 6.60. The predicted octanol–water partition coefficient (Wildman–Crippen LogP) is 6.34. The topological polar surface area (TPSA) is 69.0 Å². The summed E-state index contributed by atoms with van der Waals surface area (Å²) in [6.07, 6.45) is 4.08. The van der Waals surface area contributed by atoms with Gasteiger partial charge in [0.25, 0.3) is 5.91 Å². The minimum Gasteiger partial charge on any atom is -0.494 e. The number of nitrogens with zero attached hydrogens (tertiary/aromatic N) is 1. The summed E-state index contributed by atoms with van der Waals surface area (Å²) in [5.74, 6) is 0.681. The van der Waals surface area contributed by atoms with E-state index in [4.69, 9.17) is 13.9 Å². The van der Waals surface area contributed by atoms with Crippen LogP contribution in [0.5, 0.6) is 5.75 Å². The fourth-order valence-electron chi connectivity index (χ4n) is 4.89. The summed E-state index contributed by atoms with van der Waals surface area (Å²) in [5, 5.41) is 0.518. The number of amides is 1. The van der Waals surface area contributed by atoms with Crippen molar-refractivity contribution < 1.29 is 18.7 Å². The van der Waals surface area contributed by atoms with E-state index in [-0.39, 0.29) is 23.2 Å². The predicted molar refractivity (Wildman–Crippen MR) is 142 cm³/mol. The van der Waals surface area contributed by atoms with Crippen molar-refractivity contribution in [3.8, 4) is 5.75 Å². The number of ether oxygens (including phenoxy) is 2. The molecular formula is C30H37NO5. The van der Waals surface area contributed by atoms with Crippen LogP contribution < -0.4 is 10.2 Å². The van der Waals surface area contributed by atoms with Crippen LogP contribution in [0.1, 0.15) is 85.3 Å². The maximum atomic E-state index is 13.8. The van der Waals surface area contributed by atoms with E-state index in [9.17, 15) is 9.59 Å². The maximum absolute atomic E-state index is 13.8. The highest BCUT2D eigenvalue weighted by atomic mass is 16.5. The van der Waals surface area contributed by atoms with Crippen LogP contribution in [0.15, 0.2) is 45.6 Å². The SMILES string of the molecule is CCCCCOc1ccc(C2c3c(oc4c(C)cc(C)cc4c3=O)C(=O)N2CCCOC(C)C)cc1. The standard InChI is InChI=1S/C30H37NO5/c1-6-7-8-15-35-23-12-10-22(11-13-23)26-25-27(32)24-18-20(4)17-21(5)28(24)36-29(25)30(33)31(26)14-9-16-34-19(2)3/h10-13,17-19,26H,6-9,14-16H2,1-5H3. The fourth-order valence-corrected chi connectivity index (χ4v) is 4.89. The molecule has 1 atom stereocenters. The van der Waals surface area contributed by atoms with E-state index in [1.54, 1.807) is 4.90 Å². The van der Waals surface area contributed by atoms with Gasteiger partial charge in [0.05, 0.1) is 29.7 Å². The number of fused-ring (bicyclic) bond motifs is 2. The molecule has 3 aromatic rings. The average Bonchev–Trinajstić information content (AvgIpc) is 3.12. The van der Waals surface area contributed by atoms with Gasteiger partial charge >= 0.3 is 0 Å². The fraction of sp³-hybridized carbons (Fsp3) is 0.467. The van der Waals surface area contributed by atoms with Crippen LogP contribution >= 0.6 is 0 Å². The number of aryl methyl sites for hydroxylation is 2. The van der Waals surface area contributed by atoms with E-state index < -0.39 is 6.04 Å². The Balaban J connectivity index is 1.72. The van der Waals surface area contributed by atoms with Gasteiger partial charge in [-0.1, -0.05) is 38.0 Å². The molecule has 1 unspecified atom stereocenters. The molecule has 1 amide bonds. The van der Waals surface area contributed by atoms with Crippen LogP contribution in [0.2, 0.25) is 0 Å². The van der Waals surface area contributed by atoms with Crippen LogP contribution in [0, 0.1) is 13.8 Å². The first kappa shape index (κ1) is 26.0. The smallest absolute Gasteiger partial charge is 0.290 e. The summed E-state index contributed by atoms with van der Waals surface area (Å²) in [7, 11) is 0. The van der Waals surface area contributed by atoms with Gasteiger partial charge in [0.2, 0.25) is 5.76 Å². The first-order valence-corrected chi connectivity index (χ1v) is 13.0. The lowest BCUT2D eigenvalue weighted by atomic mass is 9.97. The molecule has 192 valence electrons. The zero-order valence-corrected chi connectivity index (χ0v) is 22.1. The van der Waals surface area contributed by atoms with E-state index in [2.05, 4.69) is 6.92 Å². The van der Waals surface area contributed by atoms with Crippen molar-refractivity contribution in [2.75, 3.05) is 19.8 Å². The highest BCUT2D eigenvalue weighted by Crippen LogP contribution is 2.39. The molecule has 1 aliphatic rings. The summed E-state index contributed by atoms with van der Waals surface area (Å²) >= 11 is 0. The molecule has 0 saturated heterocycles. The average molecular weight is 492 g/mol. The van der Waals surface area contributed by atoms with Gasteiger partial charge in [0.15, 0.2) is 5.43 Å². The largest absolute Gasteiger partial charge is 0.494 e.